The molecule has 2 aromatic heterocycles. The van der Waals surface area contributed by atoms with Crippen molar-refractivity contribution < 1.29 is 41.3 Å². The number of nitrogens with one attached hydrogen (secondary N) is 2. The van der Waals surface area contributed by atoms with Gasteiger partial charge in [-0.1, -0.05) is 19.9 Å². The number of sulfonamides is 1. The van der Waals surface area contributed by atoms with Crippen molar-refractivity contribution >= 4 is 38.6 Å². The van der Waals surface area contributed by atoms with Crippen LogP contribution < -0.4 is 15.4 Å². The number of amides is 2. The number of ether oxygens (including phenoxy) is 2. The molecule has 5 rings (SSSR count). The minimum absolute atomic E-state index is 0.0103. The summed E-state index contributed by atoms with van der Waals surface area (Å²) in [6.45, 7) is 5.41. The lowest BCUT2D eigenvalue weighted by atomic mass is 10.0. The Bertz CT molecular complexity index is 1650. The van der Waals surface area contributed by atoms with E-state index in [1.807, 2.05) is 0 Å². The van der Waals surface area contributed by atoms with Crippen LogP contribution in [0.3, 0.4) is 0 Å². The zero-order chi connectivity index (χ0) is 32.9. The number of rotatable bonds is 11. The molecule has 2 amide bonds. The van der Waals surface area contributed by atoms with Gasteiger partial charge in [-0.3, -0.25) is 14.4 Å². The number of ketones is 1. The minimum atomic E-state index is -3.98. The molecule has 0 radical (unpaired) electrons. The highest BCUT2D eigenvalue weighted by Gasteiger charge is 2.35. The van der Waals surface area contributed by atoms with Crippen molar-refractivity contribution in [1.82, 2.24) is 19.9 Å². The predicted molar refractivity (Wildman–Crippen MR) is 166 cm³/mol. The van der Waals surface area contributed by atoms with E-state index in [0.717, 1.165) is 4.31 Å². The number of pyridine rings is 1. The van der Waals surface area contributed by atoms with Crippen molar-refractivity contribution in [1.29, 1.82) is 0 Å². The van der Waals surface area contributed by atoms with Crippen molar-refractivity contribution in [3.05, 3.63) is 59.6 Å². The first-order valence-electron chi connectivity index (χ1n) is 15.3. The van der Waals surface area contributed by atoms with Crippen molar-refractivity contribution in [3.63, 3.8) is 0 Å². The Morgan fingerprint density at radius 3 is 2.67 bits per heavy atom. The maximum Gasteiger partial charge on any atom is 0.287 e. The number of hydrogen-bond donors (Lipinski definition) is 2. The van der Waals surface area contributed by atoms with E-state index in [9.17, 15) is 28.0 Å². The van der Waals surface area contributed by atoms with Crippen molar-refractivity contribution in [3.8, 4) is 5.75 Å². The van der Waals surface area contributed by atoms with E-state index in [1.165, 1.54) is 12.3 Å². The van der Waals surface area contributed by atoms with Crippen LogP contribution in [0.5, 0.6) is 5.75 Å². The summed E-state index contributed by atoms with van der Waals surface area (Å²) in [6, 6.07) is 9.23. The second-order valence-electron chi connectivity index (χ2n) is 11.9. The van der Waals surface area contributed by atoms with Gasteiger partial charge in [-0.05, 0) is 55.2 Å². The fourth-order valence-electron chi connectivity index (χ4n) is 5.45. The molecular formula is C31H39N5O9S. The smallest absolute Gasteiger partial charge is 0.287 e. The fraction of sp³-hybridized carbons (Fsp3) is 0.484. The van der Waals surface area contributed by atoms with Gasteiger partial charge < -0.3 is 34.4 Å². The van der Waals surface area contributed by atoms with E-state index in [0.29, 0.717) is 56.0 Å². The molecule has 0 bridgehead atoms. The van der Waals surface area contributed by atoms with Crippen LogP contribution in [0.1, 0.15) is 37.2 Å². The molecule has 4 heterocycles. The first kappa shape index (κ1) is 33.5. The van der Waals surface area contributed by atoms with Crippen LogP contribution in [0.15, 0.2) is 58.1 Å². The largest absolute Gasteiger partial charge is 0.633 e. The number of hydroxylamine groups is 3. The highest BCUT2D eigenvalue weighted by molar-refractivity contribution is 7.89. The number of morpholine rings is 1. The lowest BCUT2D eigenvalue weighted by Gasteiger charge is -2.44. The molecule has 3 aromatic rings. The van der Waals surface area contributed by atoms with Gasteiger partial charge >= 0.3 is 0 Å². The van der Waals surface area contributed by atoms with E-state index in [4.69, 9.17) is 13.9 Å². The topological polar surface area (TPSA) is 180 Å². The summed E-state index contributed by atoms with van der Waals surface area (Å²) in [7, 11) is -3.98. The molecule has 2 aliphatic heterocycles. The number of furan rings is 1. The van der Waals surface area contributed by atoms with Crippen LogP contribution >= 0.6 is 0 Å². The molecule has 0 spiro atoms. The molecule has 2 aliphatic rings. The van der Waals surface area contributed by atoms with Gasteiger partial charge in [0, 0.05) is 18.1 Å². The molecule has 15 heteroatoms. The molecule has 2 N–H and O–H groups in total. The Hall–Kier alpha value is -3.89. The number of carbonyl (C=O) groups is 3. The molecule has 14 nitrogen and oxygen atoms in total. The van der Waals surface area contributed by atoms with Gasteiger partial charge in [0.05, 0.1) is 25.8 Å². The monoisotopic (exact) mass is 657 g/mol. The molecule has 2 saturated heterocycles. The summed E-state index contributed by atoms with van der Waals surface area (Å²) >= 11 is 0. The number of carbonyl (C=O) groups excluding carboxylic acids is 3. The third-order valence-electron chi connectivity index (χ3n) is 8.18. The van der Waals surface area contributed by atoms with Crippen LogP contribution in [0, 0.1) is 11.1 Å². The van der Waals surface area contributed by atoms with E-state index >= 15 is 0 Å². The normalized spacial score (nSPS) is 19.8. The second kappa shape index (κ2) is 14.3. The Kier molecular flexibility index (Phi) is 10.4. The molecule has 2 fully saturated rings. The van der Waals surface area contributed by atoms with Crippen LogP contribution in [-0.2, 0) is 24.3 Å². The molecule has 2 unspecified atom stereocenters. The third kappa shape index (κ3) is 7.90. The lowest BCUT2D eigenvalue weighted by molar-refractivity contribution is -0.888. The van der Waals surface area contributed by atoms with Crippen LogP contribution in [-0.4, -0.2) is 105 Å². The van der Waals surface area contributed by atoms with E-state index < -0.39 is 46.2 Å². The van der Waals surface area contributed by atoms with Gasteiger partial charge in [0.25, 0.3) is 15.9 Å². The number of nitrogens with zero attached hydrogens (tertiary/aromatic N) is 3. The number of aromatic nitrogens is 1. The quantitative estimate of drug-likeness (QED) is 0.228. The Morgan fingerprint density at radius 1 is 1.17 bits per heavy atom. The summed E-state index contributed by atoms with van der Waals surface area (Å²) in [5, 5.41) is 18.6. The van der Waals surface area contributed by atoms with Crippen molar-refractivity contribution in [2.24, 2.45) is 5.92 Å². The highest BCUT2D eigenvalue weighted by atomic mass is 32.2. The number of fused-ring (bicyclic) bond motifs is 1. The first-order valence-corrected chi connectivity index (χ1v) is 16.8. The third-order valence-corrected chi connectivity index (χ3v) is 9.94. The molecular weight excluding hydrogens is 618 g/mol. The fourth-order valence-corrected chi connectivity index (χ4v) is 6.82. The summed E-state index contributed by atoms with van der Waals surface area (Å²) < 4.78 is 43.5. The van der Waals surface area contributed by atoms with Gasteiger partial charge in [-0.25, -0.2) is 13.4 Å². The molecule has 0 aliphatic carbocycles. The summed E-state index contributed by atoms with van der Waals surface area (Å²) in [4.78, 5) is 43.5. The molecule has 2 atom stereocenters. The Labute approximate surface area is 267 Å². The number of quaternary nitrogens is 1. The zero-order valence-corrected chi connectivity index (χ0v) is 26.7. The minimum Gasteiger partial charge on any atom is -0.633 e. The predicted octanol–water partition coefficient (Wildman–Crippen LogP) is 1.84. The van der Waals surface area contributed by atoms with Crippen LogP contribution in [0.4, 0.5) is 0 Å². The van der Waals surface area contributed by atoms with Gasteiger partial charge in [-0.2, -0.15) is 4.31 Å². The first-order chi connectivity index (χ1) is 21.9. The van der Waals surface area contributed by atoms with Gasteiger partial charge in [0.2, 0.25) is 5.91 Å². The molecule has 0 saturated carbocycles. The van der Waals surface area contributed by atoms with E-state index in [-0.39, 0.29) is 40.9 Å². The maximum absolute atomic E-state index is 13.3. The second-order valence-corrected chi connectivity index (χ2v) is 13.8. The van der Waals surface area contributed by atoms with Crippen LogP contribution in [0.2, 0.25) is 0 Å². The van der Waals surface area contributed by atoms with E-state index in [2.05, 4.69) is 15.6 Å². The zero-order valence-electron chi connectivity index (χ0n) is 25.8. The number of Topliss-reactive ketones (excluding diaryl/α,β-unsaturated/α-hetero) is 1. The molecule has 248 valence electrons. The SMILES string of the molecule is CC(C)C(NC(=O)c1cc2cc(OCC[N+]3([O-])CCOCC3)ccc2o1)C(=O)NC1CCCN(S(=O)(=O)c2ccccn2)CC1=O. The summed E-state index contributed by atoms with van der Waals surface area (Å²) in [5.41, 5.74) is 0.442. The molecule has 1 aromatic carbocycles. The van der Waals surface area contributed by atoms with Crippen molar-refractivity contribution in [2.75, 3.05) is 52.5 Å². The van der Waals surface area contributed by atoms with Gasteiger partial charge in [-0.15, -0.1) is 0 Å². The van der Waals surface area contributed by atoms with E-state index in [1.54, 1.807) is 50.2 Å². The standard InChI is InChI=1S/C31H39N5O9S/c1-21(2)29(31(39)33-24-6-5-11-35(20-25(24)37)46(41,42)28-7-3-4-10-32-28)34-30(38)27-19-22-18-23(8-9-26(22)45-27)44-17-14-36(40)12-15-43-16-13-36/h3-4,7-10,18-19,21,24,29H,5-6,11-17,20H2,1-2H3,(H,33,39)(H,34,38). The average Bonchev–Trinajstić information content (AvgIpc) is 3.37. The lowest BCUT2D eigenvalue weighted by Crippen LogP contribution is -2.54. The summed E-state index contributed by atoms with van der Waals surface area (Å²) in [5.74, 6) is -1.45. The Morgan fingerprint density at radius 2 is 1.96 bits per heavy atom. The molecule has 46 heavy (non-hydrogen) atoms. The number of hydrogen-bond acceptors (Lipinski definition) is 10. The van der Waals surface area contributed by atoms with Crippen molar-refractivity contribution in [2.45, 2.75) is 43.8 Å². The van der Waals surface area contributed by atoms with Gasteiger partial charge in [0.15, 0.2) is 16.6 Å². The average molecular weight is 658 g/mol. The highest BCUT2D eigenvalue weighted by Crippen LogP contribution is 2.25. The van der Waals surface area contributed by atoms with Crippen LogP contribution in [0.25, 0.3) is 11.0 Å². The number of benzene rings is 1. The summed E-state index contributed by atoms with van der Waals surface area (Å²) in [6.07, 6.45) is 1.96. The Balaban J connectivity index is 1.19. The van der Waals surface area contributed by atoms with Gasteiger partial charge in [0.1, 0.15) is 43.6 Å². The maximum atomic E-state index is 13.3.